The molecule has 1 amide bonds. The normalized spacial score (nSPS) is 19.9. The van der Waals surface area contributed by atoms with Gasteiger partial charge in [-0.2, -0.15) is 0 Å². The van der Waals surface area contributed by atoms with Crippen molar-refractivity contribution in [3.63, 3.8) is 0 Å². The summed E-state index contributed by atoms with van der Waals surface area (Å²) in [6.45, 7) is 7.82. The van der Waals surface area contributed by atoms with Crippen LogP contribution in [0.3, 0.4) is 0 Å². The summed E-state index contributed by atoms with van der Waals surface area (Å²) in [6.07, 6.45) is 4.61. The zero-order valence-corrected chi connectivity index (χ0v) is 20.6. The van der Waals surface area contributed by atoms with Crippen LogP contribution in [-0.2, 0) is 13.1 Å². The fourth-order valence-electron chi connectivity index (χ4n) is 5.33. The molecule has 1 unspecified atom stereocenters. The Hall–Kier alpha value is -3.44. The first-order valence-electron chi connectivity index (χ1n) is 12.6. The van der Waals surface area contributed by atoms with Gasteiger partial charge in [-0.1, -0.05) is 60.5 Å². The van der Waals surface area contributed by atoms with E-state index in [4.69, 9.17) is 11.4 Å². The monoisotopic (exact) mass is 483 g/mol. The van der Waals surface area contributed by atoms with Gasteiger partial charge in [0.1, 0.15) is 0 Å². The van der Waals surface area contributed by atoms with Gasteiger partial charge in [0.25, 0.3) is 0 Å². The van der Waals surface area contributed by atoms with E-state index in [0.29, 0.717) is 26.2 Å². The molecule has 2 aromatic carbocycles. The molecule has 3 aromatic rings. The van der Waals surface area contributed by atoms with E-state index >= 15 is 0 Å². The maximum atomic E-state index is 11.9. The third kappa shape index (κ3) is 5.52. The standard InChI is InChI=1S/C29H33N5O2/c1-2-13-31-14-16-32(17-15-31)21-25-12-11-24-9-6-10-26(28(24)30-25)27-22-34(29(35)36)19-18-33(27)20-23-7-4-3-5-8-23/h1,3-12,27H,13-22H2,(H,35,36). The van der Waals surface area contributed by atoms with E-state index in [0.717, 1.165) is 61.4 Å². The van der Waals surface area contributed by atoms with Crippen LogP contribution in [0.25, 0.3) is 10.9 Å². The van der Waals surface area contributed by atoms with E-state index in [1.165, 1.54) is 10.5 Å². The number of rotatable bonds is 6. The Morgan fingerprint density at radius 2 is 1.69 bits per heavy atom. The largest absolute Gasteiger partial charge is 0.465 e. The molecule has 1 N–H and O–H groups in total. The Kier molecular flexibility index (Phi) is 7.47. The third-order valence-corrected chi connectivity index (χ3v) is 7.32. The molecule has 36 heavy (non-hydrogen) atoms. The van der Waals surface area contributed by atoms with Crippen molar-refractivity contribution >= 4 is 17.0 Å². The number of hydrogen-bond acceptors (Lipinski definition) is 5. The lowest BCUT2D eigenvalue weighted by Crippen LogP contribution is -2.49. The molecule has 2 aliphatic rings. The minimum absolute atomic E-state index is 0.0613. The average Bonchev–Trinajstić information content (AvgIpc) is 2.90. The maximum Gasteiger partial charge on any atom is 0.407 e. The summed E-state index contributed by atoms with van der Waals surface area (Å²) < 4.78 is 0. The number of hydrogen-bond donors (Lipinski definition) is 1. The number of fused-ring (bicyclic) bond motifs is 1. The molecule has 186 valence electrons. The molecule has 1 atom stereocenters. The molecule has 2 fully saturated rings. The van der Waals surface area contributed by atoms with Crippen molar-refractivity contribution in [1.29, 1.82) is 0 Å². The van der Waals surface area contributed by atoms with Crippen molar-refractivity contribution < 1.29 is 9.90 Å². The van der Waals surface area contributed by atoms with Gasteiger partial charge < -0.3 is 10.0 Å². The second-order valence-corrected chi connectivity index (χ2v) is 9.68. The van der Waals surface area contributed by atoms with Gasteiger partial charge in [0, 0.05) is 64.3 Å². The lowest BCUT2D eigenvalue weighted by atomic mass is 9.98. The summed E-state index contributed by atoms with van der Waals surface area (Å²) in [5.74, 6) is 2.74. The van der Waals surface area contributed by atoms with E-state index in [2.05, 4.69) is 75.2 Å². The van der Waals surface area contributed by atoms with Crippen molar-refractivity contribution in [2.75, 3.05) is 52.4 Å². The van der Waals surface area contributed by atoms with Crippen LogP contribution in [0.1, 0.15) is 22.9 Å². The highest BCUT2D eigenvalue weighted by Gasteiger charge is 2.32. The van der Waals surface area contributed by atoms with Gasteiger partial charge in [-0.05, 0) is 17.2 Å². The smallest absolute Gasteiger partial charge is 0.407 e. The molecule has 0 bridgehead atoms. The quantitative estimate of drug-likeness (QED) is 0.542. The SMILES string of the molecule is C#CCN1CCN(Cc2ccc3cccc(C4CN(C(=O)O)CCN4Cc4ccccc4)c3n2)CC1. The number of benzene rings is 2. The lowest BCUT2D eigenvalue weighted by molar-refractivity contribution is 0.0644. The first-order chi connectivity index (χ1) is 17.6. The van der Waals surface area contributed by atoms with Crippen LogP contribution < -0.4 is 0 Å². The van der Waals surface area contributed by atoms with Gasteiger partial charge in [0.05, 0.1) is 23.8 Å². The van der Waals surface area contributed by atoms with Crippen molar-refractivity contribution in [3.8, 4) is 12.3 Å². The summed E-state index contributed by atoms with van der Waals surface area (Å²) in [5, 5.41) is 10.8. The number of pyridine rings is 1. The summed E-state index contributed by atoms with van der Waals surface area (Å²) in [4.78, 5) is 25.7. The van der Waals surface area contributed by atoms with E-state index in [1.54, 1.807) is 0 Å². The minimum atomic E-state index is -0.864. The minimum Gasteiger partial charge on any atom is -0.465 e. The number of para-hydroxylation sites is 1. The molecule has 2 saturated heterocycles. The second-order valence-electron chi connectivity index (χ2n) is 9.68. The number of terminal acetylenes is 1. The fourth-order valence-corrected chi connectivity index (χ4v) is 5.33. The zero-order chi connectivity index (χ0) is 24.9. The Morgan fingerprint density at radius 3 is 2.44 bits per heavy atom. The highest BCUT2D eigenvalue weighted by atomic mass is 16.4. The molecule has 0 spiro atoms. The molecule has 3 heterocycles. The first kappa shape index (κ1) is 24.3. The van der Waals surface area contributed by atoms with Crippen LogP contribution in [0, 0.1) is 12.3 Å². The second kappa shape index (κ2) is 11.1. The van der Waals surface area contributed by atoms with Crippen LogP contribution in [0.5, 0.6) is 0 Å². The van der Waals surface area contributed by atoms with Gasteiger partial charge in [-0.25, -0.2) is 4.79 Å². The summed E-state index contributed by atoms with van der Waals surface area (Å²) in [5.41, 5.74) is 4.33. The molecule has 5 rings (SSSR count). The van der Waals surface area contributed by atoms with Crippen LogP contribution in [0.2, 0.25) is 0 Å². The average molecular weight is 484 g/mol. The Labute approximate surface area is 212 Å². The van der Waals surface area contributed by atoms with E-state index in [1.807, 2.05) is 6.07 Å². The van der Waals surface area contributed by atoms with Gasteiger partial charge in [-0.15, -0.1) is 6.42 Å². The van der Waals surface area contributed by atoms with E-state index in [-0.39, 0.29) is 6.04 Å². The molecule has 2 aliphatic heterocycles. The molecule has 0 radical (unpaired) electrons. The van der Waals surface area contributed by atoms with Gasteiger partial charge in [0.15, 0.2) is 0 Å². The van der Waals surface area contributed by atoms with Crippen LogP contribution in [0.4, 0.5) is 4.79 Å². The maximum absolute atomic E-state index is 11.9. The van der Waals surface area contributed by atoms with Gasteiger partial charge in [-0.3, -0.25) is 19.7 Å². The predicted molar refractivity (Wildman–Crippen MR) is 141 cm³/mol. The third-order valence-electron chi connectivity index (χ3n) is 7.32. The number of carbonyl (C=O) groups is 1. The highest BCUT2D eigenvalue weighted by Crippen LogP contribution is 2.32. The number of aromatic nitrogens is 1. The van der Waals surface area contributed by atoms with Gasteiger partial charge >= 0.3 is 6.09 Å². The molecule has 0 saturated carbocycles. The zero-order valence-electron chi connectivity index (χ0n) is 20.6. The Bertz CT molecular complexity index is 1230. The van der Waals surface area contributed by atoms with E-state index < -0.39 is 6.09 Å². The van der Waals surface area contributed by atoms with Crippen molar-refractivity contribution in [1.82, 2.24) is 24.6 Å². The number of piperazine rings is 2. The Morgan fingerprint density at radius 1 is 0.917 bits per heavy atom. The summed E-state index contributed by atoms with van der Waals surface area (Å²) in [6, 6.07) is 20.9. The Balaban J connectivity index is 1.42. The van der Waals surface area contributed by atoms with Crippen LogP contribution >= 0.6 is 0 Å². The molecule has 1 aromatic heterocycles. The topological polar surface area (TPSA) is 63.1 Å². The fraction of sp³-hybridized carbons (Fsp3) is 0.379. The first-order valence-corrected chi connectivity index (χ1v) is 12.6. The van der Waals surface area contributed by atoms with Crippen molar-refractivity contribution in [2.45, 2.75) is 19.1 Å². The number of amides is 1. The molecular formula is C29H33N5O2. The summed E-state index contributed by atoms with van der Waals surface area (Å²) >= 11 is 0. The molecule has 7 nitrogen and oxygen atoms in total. The van der Waals surface area contributed by atoms with Crippen LogP contribution in [0.15, 0.2) is 60.7 Å². The molecular weight excluding hydrogens is 450 g/mol. The summed E-state index contributed by atoms with van der Waals surface area (Å²) in [7, 11) is 0. The van der Waals surface area contributed by atoms with Gasteiger partial charge in [0.2, 0.25) is 0 Å². The molecule has 7 heteroatoms. The number of nitrogens with zero attached hydrogens (tertiary/aromatic N) is 5. The van der Waals surface area contributed by atoms with Crippen molar-refractivity contribution in [2.24, 2.45) is 0 Å². The highest BCUT2D eigenvalue weighted by molar-refractivity contribution is 5.82. The number of carboxylic acid groups (broad SMARTS) is 1. The molecule has 0 aliphatic carbocycles. The van der Waals surface area contributed by atoms with E-state index in [9.17, 15) is 9.90 Å². The van der Waals surface area contributed by atoms with Crippen molar-refractivity contribution in [3.05, 3.63) is 77.5 Å². The predicted octanol–water partition coefficient (Wildman–Crippen LogP) is 3.52. The lowest BCUT2D eigenvalue weighted by Gasteiger charge is -2.41. The van der Waals surface area contributed by atoms with Crippen LogP contribution in [-0.4, -0.2) is 88.1 Å².